The highest BCUT2D eigenvalue weighted by Crippen LogP contribution is 2.39. The Morgan fingerprint density at radius 3 is 2.17 bits per heavy atom. The van der Waals surface area contributed by atoms with Gasteiger partial charge in [0, 0.05) is 11.1 Å². The molecule has 0 amide bonds. The number of esters is 1. The summed E-state index contributed by atoms with van der Waals surface area (Å²) in [5.41, 5.74) is 0.162. The van der Waals surface area contributed by atoms with Crippen molar-refractivity contribution in [2.45, 2.75) is 6.36 Å². The van der Waals surface area contributed by atoms with Gasteiger partial charge in [0.1, 0.15) is 5.75 Å². The molecule has 1 heterocycles. The molecule has 3 rings (SSSR count). The number of cyclic esters (lactones) is 1. The lowest BCUT2D eigenvalue weighted by Gasteiger charge is -2.13. The zero-order chi connectivity index (χ0) is 21.9. The molecule has 1 aliphatic rings. The number of rotatable bonds is 6. The van der Waals surface area contributed by atoms with Crippen LogP contribution in [0.5, 0.6) is 23.0 Å². The Hall–Kier alpha value is -3.69. The number of carbonyl (C=O) groups excluding carboxylic acids is 1. The molecular weight excluding hydrogens is 407 g/mol. The minimum Gasteiger partial charge on any atom is -0.493 e. The van der Waals surface area contributed by atoms with E-state index in [-0.39, 0.29) is 17.2 Å². The molecule has 2 aromatic carbocycles. The fourth-order valence-electron chi connectivity index (χ4n) is 2.70. The second-order valence-electron chi connectivity index (χ2n) is 5.84. The van der Waals surface area contributed by atoms with Crippen LogP contribution in [0.2, 0.25) is 0 Å². The van der Waals surface area contributed by atoms with Gasteiger partial charge in [-0.05, 0) is 24.3 Å². The van der Waals surface area contributed by atoms with Crippen LogP contribution in [0.1, 0.15) is 11.1 Å². The van der Waals surface area contributed by atoms with Crippen LogP contribution in [0.3, 0.4) is 0 Å². The molecule has 0 saturated carbocycles. The predicted molar refractivity (Wildman–Crippen MR) is 99.8 cm³/mol. The molecule has 0 spiro atoms. The summed E-state index contributed by atoms with van der Waals surface area (Å²) in [6.07, 6.45) is -3.73. The fraction of sp³-hybridized carbons (Fsp3) is 0.200. The van der Waals surface area contributed by atoms with Crippen molar-refractivity contribution in [3.8, 4) is 23.0 Å². The minimum atomic E-state index is -4.88. The number of carbonyl (C=O) groups is 1. The average Bonchev–Trinajstić information content (AvgIpc) is 3.07. The highest BCUT2D eigenvalue weighted by atomic mass is 19.4. The summed E-state index contributed by atoms with van der Waals surface area (Å²) in [6, 6.07) is 8.41. The van der Waals surface area contributed by atoms with E-state index < -0.39 is 18.1 Å². The Labute approximate surface area is 169 Å². The molecule has 158 valence electrons. The molecule has 10 heteroatoms. The molecule has 7 nitrogen and oxygen atoms in total. The number of aliphatic imine (C=N–C) groups is 1. The molecule has 0 saturated heterocycles. The number of alkyl halides is 3. The third kappa shape index (κ3) is 4.48. The van der Waals surface area contributed by atoms with Crippen molar-refractivity contribution in [3.05, 3.63) is 53.2 Å². The molecule has 0 atom stereocenters. The minimum absolute atomic E-state index is 0.0108. The first-order valence-corrected chi connectivity index (χ1v) is 8.43. The number of hydrogen-bond acceptors (Lipinski definition) is 7. The summed E-state index contributed by atoms with van der Waals surface area (Å²) in [4.78, 5) is 16.3. The van der Waals surface area contributed by atoms with Crippen molar-refractivity contribution in [3.63, 3.8) is 0 Å². The second-order valence-corrected chi connectivity index (χ2v) is 5.84. The van der Waals surface area contributed by atoms with Gasteiger partial charge in [-0.3, -0.25) is 0 Å². The number of benzene rings is 2. The predicted octanol–water partition coefficient (Wildman–Crippen LogP) is 3.96. The van der Waals surface area contributed by atoms with E-state index in [1.165, 1.54) is 51.7 Å². The Balaban J connectivity index is 2.01. The number of ether oxygens (including phenoxy) is 5. The molecule has 2 aromatic rings. The van der Waals surface area contributed by atoms with Gasteiger partial charge in [-0.1, -0.05) is 18.2 Å². The maximum absolute atomic E-state index is 12.6. The van der Waals surface area contributed by atoms with E-state index in [9.17, 15) is 18.0 Å². The second kappa shape index (κ2) is 8.36. The molecule has 0 radical (unpaired) electrons. The zero-order valence-corrected chi connectivity index (χ0v) is 16.1. The largest absolute Gasteiger partial charge is 0.573 e. The van der Waals surface area contributed by atoms with Crippen LogP contribution in [0, 0.1) is 0 Å². The van der Waals surface area contributed by atoms with E-state index in [1.807, 2.05) is 0 Å². The van der Waals surface area contributed by atoms with Gasteiger partial charge >= 0.3 is 12.3 Å². The van der Waals surface area contributed by atoms with E-state index in [1.54, 1.807) is 0 Å². The summed E-state index contributed by atoms with van der Waals surface area (Å²) in [7, 11) is 4.29. The average molecular weight is 423 g/mol. The van der Waals surface area contributed by atoms with E-state index in [2.05, 4.69) is 9.73 Å². The van der Waals surface area contributed by atoms with Crippen molar-refractivity contribution in [1.29, 1.82) is 0 Å². The third-order valence-corrected chi connectivity index (χ3v) is 3.97. The van der Waals surface area contributed by atoms with E-state index >= 15 is 0 Å². The number of methoxy groups -OCH3 is 3. The highest BCUT2D eigenvalue weighted by molar-refractivity contribution is 6.13. The first-order valence-electron chi connectivity index (χ1n) is 8.43. The highest BCUT2D eigenvalue weighted by Gasteiger charge is 2.32. The van der Waals surface area contributed by atoms with Gasteiger partial charge in [-0.2, -0.15) is 0 Å². The number of hydrogen-bond donors (Lipinski definition) is 0. The van der Waals surface area contributed by atoms with Gasteiger partial charge in [-0.25, -0.2) is 9.79 Å². The molecular formula is C20H16F3NO6. The summed E-state index contributed by atoms with van der Waals surface area (Å²) < 4.78 is 62.7. The number of halogens is 3. The van der Waals surface area contributed by atoms with Crippen LogP contribution in [0.4, 0.5) is 13.2 Å². The maximum Gasteiger partial charge on any atom is 0.573 e. The Kier molecular flexibility index (Phi) is 5.86. The summed E-state index contributed by atoms with van der Waals surface area (Å²) in [6.45, 7) is 0. The van der Waals surface area contributed by atoms with Crippen LogP contribution in [0.15, 0.2) is 47.1 Å². The SMILES string of the molecule is COc1cc(C2=N/C(=C/c3ccccc3OC(F)(F)F)C(=O)O2)cc(OC)c1OC. The lowest BCUT2D eigenvalue weighted by Crippen LogP contribution is -2.17. The van der Waals surface area contributed by atoms with Crippen molar-refractivity contribution in [2.24, 2.45) is 4.99 Å². The smallest absolute Gasteiger partial charge is 0.493 e. The van der Waals surface area contributed by atoms with Gasteiger partial charge in [0.15, 0.2) is 17.2 Å². The Bertz CT molecular complexity index is 1000. The van der Waals surface area contributed by atoms with Crippen molar-refractivity contribution >= 4 is 17.9 Å². The zero-order valence-electron chi connectivity index (χ0n) is 16.1. The van der Waals surface area contributed by atoms with E-state index in [0.29, 0.717) is 22.8 Å². The van der Waals surface area contributed by atoms with Crippen LogP contribution in [-0.2, 0) is 9.53 Å². The topological polar surface area (TPSA) is 75.6 Å². The van der Waals surface area contributed by atoms with E-state index in [0.717, 1.165) is 12.1 Å². The van der Waals surface area contributed by atoms with Gasteiger partial charge in [0.05, 0.1) is 21.3 Å². The maximum atomic E-state index is 12.6. The van der Waals surface area contributed by atoms with Crippen LogP contribution in [0.25, 0.3) is 6.08 Å². The summed E-state index contributed by atoms with van der Waals surface area (Å²) in [5, 5.41) is 0. The first-order chi connectivity index (χ1) is 14.3. The molecule has 0 N–H and O–H groups in total. The monoisotopic (exact) mass is 423 g/mol. The fourth-order valence-corrected chi connectivity index (χ4v) is 2.70. The van der Waals surface area contributed by atoms with Crippen LogP contribution >= 0.6 is 0 Å². The Morgan fingerprint density at radius 1 is 0.967 bits per heavy atom. The first kappa shape index (κ1) is 21.0. The van der Waals surface area contributed by atoms with Crippen molar-refractivity contribution < 1.29 is 41.7 Å². The molecule has 0 aliphatic carbocycles. The van der Waals surface area contributed by atoms with Gasteiger partial charge in [0.2, 0.25) is 11.6 Å². The van der Waals surface area contributed by atoms with Crippen LogP contribution in [-0.4, -0.2) is 39.6 Å². The van der Waals surface area contributed by atoms with Crippen molar-refractivity contribution in [1.82, 2.24) is 0 Å². The van der Waals surface area contributed by atoms with Crippen LogP contribution < -0.4 is 18.9 Å². The summed E-state index contributed by atoms with van der Waals surface area (Å²) >= 11 is 0. The molecule has 0 aromatic heterocycles. The normalized spacial score (nSPS) is 14.9. The van der Waals surface area contributed by atoms with Gasteiger partial charge in [0.25, 0.3) is 0 Å². The lowest BCUT2D eigenvalue weighted by molar-refractivity contribution is -0.274. The van der Waals surface area contributed by atoms with Gasteiger partial charge < -0.3 is 23.7 Å². The molecule has 0 unspecified atom stereocenters. The van der Waals surface area contributed by atoms with Crippen molar-refractivity contribution in [2.75, 3.05) is 21.3 Å². The molecule has 0 bridgehead atoms. The summed E-state index contributed by atoms with van der Waals surface area (Å²) in [5.74, 6) is -0.413. The number of para-hydroxylation sites is 1. The number of nitrogens with zero attached hydrogens (tertiary/aromatic N) is 1. The third-order valence-electron chi connectivity index (χ3n) is 3.97. The van der Waals surface area contributed by atoms with Gasteiger partial charge in [-0.15, -0.1) is 13.2 Å². The quantitative estimate of drug-likeness (QED) is 0.517. The molecule has 0 fully saturated rings. The molecule has 30 heavy (non-hydrogen) atoms. The Morgan fingerprint density at radius 2 is 1.60 bits per heavy atom. The standard InChI is InChI=1S/C20H16F3NO6/c1-26-15-9-12(10-16(27-2)17(15)28-3)18-24-13(19(25)29-18)8-11-6-4-5-7-14(11)30-20(21,22)23/h4-10H,1-3H3/b13-8+. The van der Waals surface area contributed by atoms with E-state index in [4.69, 9.17) is 18.9 Å². The lowest BCUT2D eigenvalue weighted by atomic mass is 10.1. The molecule has 1 aliphatic heterocycles.